The summed E-state index contributed by atoms with van der Waals surface area (Å²) in [6, 6.07) is 0. The third kappa shape index (κ3) is 6.24. The molecule has 26 heavy (non-hydrogen) atoms. The molecule has 0 aromatic carbocycles. The normalized spacial score (nSPS) is 14.0. The molecule has 0 aliphatic heterocycles. The summed E-state index contributed by atoms with van der Waals surface area (Å²) in [7, 11) is -12.5. The van der Waals surface area contributed by atoms with Crippen molar-refractivity contribution in [3.8, 4) is 0 Å². The zero-order chi connectivity index (χ0) is 21.4. The Kier molecular flexibility index (Phi) is 7.15. The minimum absolute atomic E-state index is 0.778. The molecular formula is C10H17F6N3O4S2Si. The van der Waals surface area contributed by atoms with Gasteiger partial charge in [-0.25, -0.2) is 21.4 Å². The number of nitrogens with zero attached hydrogens (tertiary/aromatic N) is 3. The molecule has 0 amide bonds. The van der Waals surface area contributed by atoms with E-state index in [-0.39, 0.29) is 0 Å². The number of aromatic nitrogens is 2. The van der Waals surface area contributed by atoms with Gasteiger partial charge in [-0.3, -0.25) is 4.23 Å². The number of alkyl halides is 6. The zero-order valence-corrected chi connectivity index (χ0v) is 16.8. The second-order valence-corrected chi connectivity index (χ2v) is 14.2. The highest BCUT2D eigenvalue weighted by molar-refractivity contribution is 8.13. The molecule has 1 rings (SSSR count). The van der Waals surface area contributed by atoms with E-state index in [1.807, 2.05) is 0 Å². The van der Waals surface area contributed by atoms with Crippen molar-refractivity contribution in [2.75, 3.05) is 0 Å². The Labute approximate surface area is 147 Å². The van der Waals surface area contributed by atoms with Crippen molar-refractivity contribution >= 4 is 28.3 Å². The smallest absolute Gasteiger partial charge is 0.421 e. The van der Waals surface area contributed by atoms with E-state index in [9.17, 15) is 43.2 Å². The van der Waals surface area contributed by atoms with Crippen molar-refractivity contribution in [2.45, 2.75) is 37.6 Å². The van der Waals surface area contributed by atoms with Gasteiger partial charge in [0, 0.05) is 6.92 Å². The van der Waals surface area contributed by atoms with Crippen LogP contribution in [0.25, 0.3) is 4.13 Å². The maximum absolute atomic E-state index is 11.4. The Morgan fingerprint density at radius 1 is 0.962 bits per heavy atom. The average molecular weight is 449 g/mol. The molecule has 0 aliphatic rings. The molecule has 0 bridgehead atoms. The van der Waals surface area contributed by atoms with Crippen LogP contribution < -0.4 is 4.57 Å². The minimum Gasteiger partial charge on any atom is -0.421 e. The van der Waals surface area contributed by atoms with Gasteiger partial charge < -0.3 is 4.13 Å². The van der Waals surface area contributed by atoms with E-state index in [2.05, 4.69) is 54.8 Å². The van der Waals surface area contributed by atoms with Crippen molar-refractivity contribution in [1.29, 1.82) is 0 Å². The predicted octanol–water partition coefficient (Wildman–Crippen LogP) is 2.36. The van der Waals surface area contributed by atoms with Gasteiger partial charge >= 0.3 is 11.0 Å². The molecule has 0 radical (unpaired) electrons. The van der Waals surface area contributed by atoms with Crippen LogP contribution in [0, 0.1) is 6.92 Å². The van der Waals surface area contributed by atoms with Crippen LogP contribution in [0.3, 0.4) is 0 Å². The lowest BCUT2D eigenvalue weighted by atomic mass is 10.7. The first kappa shape index (κ1) is 24.9. The Balaban J connectivity index is 0.000000502. The molecule has 1 aromatic heterocycles. The largest absolute Gasteiger partial charge is 0.480 e. The molecule has 0 atom stereocenters. The SMILES string of the molecule is Cc1n([Si](C)(C)C)cc[n+]1C.O=S(=O)([N-]S(=O)(=O)C(F)(F)F)C(F)(F)F. The third-order valence-electron chi connectivity index (χ3n) is 2.80. The molecule has 0 saturated heterocycles. The molecule has 0 N–H and O–H groups in total. The summed E-state index contributed by atoms with van der Waals surface area (Å²) in [4.78, 5) is 0. The molecule has 1 aromatic rings. The number of halogens is 6. The monoisotopic (exact) mass is 449 g/mol. The van der Waals surface area contributed by atoms with Crippen LogP contribution in [0.1, 0.15) is 5.82 Å². The van der Waals surface area contributed by atoms with Gasteiger partial charge in [0.05, 0.1) is 7.05 Å². The van der Waals surface area contributed by atoms with Gasteiger partial charge in [-0.05, 0) is 19.6 Å². The van der Waals surface area contributed by atoms with Gasteiger partial charge in [0.15, 0.2) is 20.0 Å². The quantitative estimate of drug-likeness (QED) is 0.402. The number of imidazole rings is 1. The first-order chi connectivity index (χ1) is 11.1. The van der Waals surface area contributed by atoms with Crippen LogP contribution in [0.4, 0.5) is 26.3 Å². The number of hydrogen-bond acceptors (Lipinski definition) is 4. The maximum atomic E-state index is 11.4. The van der Waals surface area contributed by atoms with Crippen molar-refractivity contribution in [3.05, 3.63) is 22.3 Å². The van der Waals surface area contributed by atoms with Crippen LogP contribution in [0.5, 0.6) is 0 Å². The van der Waals surface area contributed by atoms with Gasteiger partial charge in [-0.1, -0.05) is 0 Å². The summed E-state index contributed by atoms with van der Waals surface area (Å²) in [5.74, 6) is 1.35. The van der Waals surface area contributed by atoms with E-state index in [0.717, 1.165) is 4.13 Å². The first-order valence-electron chi connectivity index (χ1n) is 6.54. The van der Waals surface area contributed by atoms with E-state index in [1.165, 1.54) is 5.82 Å². The summed E-state index contributed by atoms with van der Waals surface area (Å²) in [6.07, 6.45) is 4.30. The number of sulfonamides is 2. The summed E-state index contributed by atoms with van der Waals surface area (Å²) in [5.41, 5.74) is -12.4. The molecule has 7 nitrogen and oxygen atoms in total. The third-order valence-corrected chi connectivity index (χ3v) is 7.46. The fourth-order valence-corrected chi connectivity index (χ4v) is 4.83. The Morgan fingerprint density at radius 3 is 1.46 bits per heavy atom. The van der Waals surface area contributed by atoms with E-state index < -0.39 is 39.3 Å². The van der Waals surface area contributed by atoms with Crippen LogP contribution in [0.15, 0.2) is 12.4 Å². The van der Waals surface area contributed by atoms with Crippen LogP contribution >= 0.6 is 0 Å². The van der Waals surface area contributed by atoms with Crippen molar-refractivity contribution < 1.29 is 47.7 Å². The van der Waals surface area contributed by atoms with Gasteiger partial charge in [-0.15, -0.1) is 0 Å². The molecule has 0 saturated carbocycles. The standard InChI is InChI=1S/C8H17N2Si.C2F6NO4S2/c1-8-9(2)6-7-10(8)11(3,4)5;3-1(4,5)14(10,11)9-15(12,13)2(6,7)8/h6-7H,1-5H3;/q+1;-1. The highest BCUT2D eigenvalue weighted by Crippen LogP contribution is 2.36. The highest BCUT2D eigenvalue weighted by Gasteiger charge is 2.46. The fourth-order valence-electron chi connectivity index (χ4n) is 1.48. The van der Waals surface area contributed by atoms with Gasteiger partial charge in [-0.2, -0.15) is 26.3 Å². The summed E-state index contributed by atoms with van der Waals surface area (Å²) < 4.78 is 114. The lowest BCUT2D eigenvalue weighted by molar-refractivity contribution is -0.676. The molecular weight excluding hydrogens is 432 g/mol. The second kappa shape index (κ2) is 7.47. The van der Waals surface area contributed by atoms with E-state index in [4.69, 9.17) is 0 Å². The topological polar surface area (TPSA) is 91.2 Å². The molecule has 0 aliphatic carbocycles. The first-order valence-corrected chi connectivity index (χ1v) is 12.9. The predicted molar refractivity (Wildman–Crippen MR) is 82.4 cm³/mol. The van der Waals surface area contributed by atoms with Gasteiger partial charge in [0.2, 0.25) is 5.82 Å². The molecule has 16 heteroatoms. The Morgan fingerprint density at radius 2 is 1.31 bits per heavy atom. The molecule has 1 heterocycles. The zero-order valence-electron chi connectivity index (χ0n) is 14.2. The lowest BCUT2D eigenvalue weighted by Crippen LogP contribution is -2.37. The molecule has 0 spiro atoms. The van der Waals surface area contributed by atoms with E-state index in [0.29, 0.717) is 0 Å². The van der Waals surface area contributed by atoms with E-state index in [1.54, 1.807) is 0 Å². The maximum Gasteiger partial charge on any atom is 0.480 e. The van der Waals surface area contributed by atoms with Crippen LogP contribution in [-0.4, -0.2) is 40.3 Å². The Bertz CT molecular complexity index is 796. The van der Waals surface area contributed by atoms with Crippen LogP contribution in [0.2, 0.25) is 19.6 Å². The van der Waals surface area contributed by atoms with Gasteiger partial charge in [0.1, 0.15) is 12.4 Å². The average Bonchev–Trinajstić information content (AvgIpc) is 2.66. The second-order valence-electron chi connectivity index (χ2n) is 5.91. The molecule has 0 fully saturated rings. The highest BCUT2D eigenvalue weighted by atomic mass is 32.3. The molecule has 154 valence electrons. The summed E-state index contributed by atoms with van der Waals surface area (Å²) >= 11 is 0. The van der Waals surface area contributed by atoms with E-state index >= 15 is 0 Å². The molecule has 0 unspecified atom stereocenters. The Hall–Kier alpha value is -1.13. The minimum atomic E-state index is -6.72. The van der Waals surface area contributed by atoms with Crippen LogP contribution in [-0.2, 0) is 27.1 Å². The number of aryl methyl sites for hydroxylation is 1. The van der Waals surface area contributed by atoms with Crippen molar-refractivity contribution in [2.24, 2.45) is 7.05 Å². The van der Waals surface area contributed by atoms with Gasteiger partial charge in [0.25, 0.3) is 8.24 Å². The number of rotatable bonds is 3. The summed E-state index contributed by atoms with van der Waals surface area (Å²) in [6.45, 7) is 9.21. The fraction of sp³-hybridized carbons (Fsp3) is 0.700. The lowest BCUT2D eigenvalue weighted by Gasteiger charge is -2.22. The summed E-state index contributed by atoms with van der Waals surface area (Å²) in [5, 5.41) is 0. The number of hydrogen-bond donors (Lipinski definition) is 0. The van der Waals surface area contributed by atoms with Crippen molar-refractivity contribution in [1.82, 2.24) is 4.23 Å². The van der Waals surface area contributed by atoms with Crippen molar-refractivity contribution in [3.63, 3.8) is 0 Å².